The Kier molecular flexibility index (Phi) is 9.76. The van der Waals surface area contributed by atoms with Gasteiger partial charge < -0.3 is 37.6 Å². The first-order chi connectivity index (χ1) is 14.1. The van der Waals surface area contributed by atoms with E-state index in [4.69, 9.17) is 16.6 Å². The van der Waals surface area contributed by atoms with Gasteiger partial charge in [-0.25, -0.2) is 0 Å². The number of carboxylic acids is 1. The van der Waals surface area contributed by atoms with E-state index in [-0.39, 0.29) is 25.0 Å². The van der Waals surface area contributed by atoms with Crippen LogP contribution in [0, 0.1) is 0 Å². The third kappa shape index (κ3) is 9.50. The standard InChI is InChI=1S/C18H25N5O7/c19-12(7-10-1-3-11(24)4-2-10)17(29)23-13(5-6-14(20)25)18(30)22-8-15(26)21-9-16(27)28/h1-4,12-13,24H,5-9,19H2,(H2,20,25)(H,21,26)(H,22,30)(H,23,29)(H,27,28). The lowest BCUT2D eigenvalue weighted by molar-refractivity contribution is -0.138. The highest BCUT2D eigenvalue weighted by molar-refractivity contribution is 5.92. The van der Waals surface area contributed by atoms with Gasteiger partial charge in [-0.3, -0.25) is 24.0 Å². The van der Waals surface area contributed by atoms with Gasteiger partial charge in [0.2, 0.25) is 23.6 Å². The smallest absolute Gasteiger partial charge is 0.322 e. The molecular formula is C18H25N5O7. The zero-order chi connectivity index (χ0) is 22.7. The number of carboxylic acid groups (broad SMARTS) is 1. The van der Waals surface area contributed by atoms with Crippen molar-refractivity contribution in [1.82, 2.24) is 16.0 Å². The number of nitrogens with two attached hydrogens (primary N) is 2. The fourth-order valence-electron chi connectivity index (χ4n) is 2.34. The van der Waals surface area contributed by atoms with Crippen LogP contribution in [0.2, 0.25) is 0 Å². The van der Waals surface area contributed by atoms with Gasteiger partial charge in [-0.2, -0.15) is 0 Å². The first-order valence-electron chi connectivity index (χ1n) is 8.97. The molecule has 0 aliphatic heterocycles. The summed E-state index contributed by atoms with van der Waals surface area (Å²) in [6.45, 7) is -1.13. The maximum absolute atomic E-state index is 12.4. The van der Waals surface area contributed by atoms with Gasteiger partial charge in [-0.1, -0.05) is 12.1 Å². The minimum atomic E-state index is -1.25. The summed E-state index contributed by atoms with van der Waals surface area (Å²) in [6, 6.07) is 3.88. The van der Waals surface area contributed by atoms with Crippen molar-refractivity contribution in [2.75, 3.05) is 13.1 Å². The molecule has 12 nitrogen and oxygen atoms in total. The van der Waals surface area contributed by atoms with Gasteiger partial charge in [0.05, 0.1) is 12.6 Å². The summed E-state index contributed by atoms with van der Waals surface area (Å²) in [5.74, 6) is -4.03. The van der Waals surface area contributed by atoms with Crippen LogP contribution in [0.15, 0.2) is 24.3 Å². The lowest BCUT2D eigenvalue weighted by atomic mass is 10.0. The van der Waals surface area contributed by atoms with Crippen molar-refractivity contribution in [2.24, 2.45) is 11.5 Å². The van der Waals surface area contributed by atoms with E-state index in [0.717, 1.165) is 0 Å². The number of primary amides is 1. The van der Waals surface area contributed by atoms with Crippen molar-refractivity contribution >= 4 is 29.6 Å². The van der Waals surface area contributed by atoms with Crippen molar-refractivity contribution < 1.29 is 34.2 Å². The van der Waals surface area contributed by atoms with Crippen molar-refractivity contribution in [3.63, 3.8) is 0 Å². The van der Waals surface area contributed by atoms with E-state index in [1.807, 2.05) is 0 Å². The summed E-state index contributed by atoms with van der Waals surface area (Å²) in [7, 11) is 0. The SMILES string of the molecule is NC(=O)CCC(NC(=O)C(N)Cc1ccc(O)cc1)C(=O)NCC(=O)NCC(=O)O. The van der Waals surface area contributed by atoms with E-state index < -0.39 is 54.8 Å². The van der Waals surface area contributed by atoms with E-state index in [1.165, 1.54) is 12.1 Å². The first kappa shape index (κ1) is 24.4. The molecule has 0 aliphatic rings. The summed E-state index contributed by atoms with van der Waals surface area (Å²) in [5, 5.41) is 24.5. The van der Waals surface area contributed by atoms with Crippen molar-refractivity contribution in [2.45, 2.75) is 31.3 Å². The minimum Gasteiger partial charge on any atom is -0.508 e. The second-order valence-corrected chi connectivity index (χ2v) is 6.43. The van der Waals surface area contributed by atoms with Gasteiger partial charge in [0.25, 0.3) is 0 Å². The molecule has 2 unspecified atom stereocenters. The number of amides is 4. The van der Waals surface area contributed by atoms with Crippen LogP contribution >= 0.6 is 0 Å². The molecule has 0 aromatic heterocycles. The maximum Gasteiger partial charge on any atom is 0.322 e. The summed E-state index contributed by atoms with van der Waals surface area (Å²) in [4.78, 5) is 57.6. The van der Waals surface area contributed by atoms with E-state index in [9.17, 15) is 29.1 Å². The van der Waals surface area contributed by atoms with Crippen LogP contribution in [0.4, 0.5) is 0 Å². The van der Waals surface area contributed by atoms with E-state index in [0.29, 0.717) is 5.56 Å². The van der Waals surface area contributed by atoms with Crippen LogP contribution in [-0.2, 0) is 30.4 Å². The van der Waals surface area contributed by atoms with Crippen LogP contribution in [0.25, 0.3) is 0 Å². The van der Waals surface area contributed by atoms with E-state index >= 15 is 0 Å². The molecule has 30 heavy (non-hydrogen) atoms. The Labute approximate surface area is 172 Å². The molecular weight excluding hydrogens is 398 g/mol. The second kappa shape index (κ2) is 12.0. The molecule has 0 spiro atoms. The van der Waals surface area contributed by atoms with E-state index in [2.05, 4.69) is 16.0 Å². The molecule has 9 N–H and O–H groups in total. The molecule has 1 rings (SSSR count). The zero-order valence-corrected chi connectivity index (χ0v) is 16.1. The number of phenolic OH excluding ortho intramolecular Hbond substituents is 1. The minimum absolute atomic E-state index is 0.0624. The molecule has 0 heterocycles. The fraction of sp³-hybridized carbons (Fsp3) is 0.389. The molecule has 1 aromatic carbocycles. The molecule has 4 amide bonds. The molecule has 0 fully saturated rings. The highest BCUT2D eigenvalue weighted by Crippen LogP contribution is 2.11. The number of benzene rings is 1. The number of hydrogen-bond donors (Lipinski definition) is 7. The third-order valence-corrected chi connectivity index (χ3v) is 3.90. The molecule has 0 aliphatic carbocycles. The number of hydrogen-bond acceptors (Lipinski definition) is 7. The lowest BCUT2D eigenvalue weighted by Crippen LogP contribution is -2.53. The van der Waals surface area contributed by atoms with Gasteiger partial charge >= 0.3 is 5.97 Å². The predicted molar refractivity (Wildman–Crippen MR) is 104 cm³/mol. The molecule has 0 saturated heterocycles. The number of rotatable bonds is 12. The summed E-state index contributed by atoms with van der Waals surface area (Å²) in [6.07, 6.45) is -0.180. The highest BCUT2D eigenvalue weighted by Gasteiger charge is 2.24. The number of aliphatic carboxylic acids is 1. The van der Waals surface area contributed by atoms with Gasteiger partial charge in [0.1, 0.15) is 18.3 Å². The van der Waals surface area contributed by atoms with Crippen LogP contribution < -0.4 is 27.4 Å². The average molecular weight is 423 g/mol. The van der Waals surface area contributed by atoms with Crippen LogP contribution in [0.5, 0.6) is 5.75 Å². The van der Waals surface area contributed by atoms with Gasteiger partial charge in [0, 0.05) is 6.42 Å². The number of carbonyl (C=O) groups excluding carboxylic acids is 4. The monoisotopic (exact) mass is 423 g/mol. The summed E-state index contributed by atoms with van der Waals surface area (Å²) >= 11 is 0. The zero-order valence-electron chi connectivity index (χ0n) is 16.1. The van der Waals surface area contributed by atoms with Gasteiger partial charge in [-0.05, 0) is 30.5 Å². The number of phenols is 1. The number of nitrogens with one attached hydrogen (secondary N) is 3. The molecule has 12 heteroatoms. The quantitative estimate of drug-likeness (QED) is 0.188. The Hall–Kier alpha value is -3.67. The van der Waals surface area contributed by atoms with Gasteiger partial charge in [-0.15, -0.1) is 0 Å². The summed E-state index contributed by atoms with van der Waals surface area (Å²) < 4.78 is 0. The lowest BCUT2D eigenvalue weighted by Gasteiger charge is -2.20. The number of carbonyl (C=O) groups is 5. The molecule has 0 bridgehead atoms. The maximum atomic E-state index is 12.4. The fourth-order valence-corrected chi connectivity index (χ4v) is 2.34. The molecule has 1 aromatic rings. The van der Waals surface area contributed by atoms with Crippen LogP contribution in [0.3, 0.4) is 0 Å². The third-order valence-electron chi connectivity index (χ3n) is 3.90. The van der Waals surface area contributed by atoms with Crippen LogP contribution in [-0.4, -0.2) is 65.0 Å². The van der Waals surface area contributed by atoms with Gasteiger partial charge in [0.15, 0.2) is 0 Å². The second-order valence-electron chi connectivity index (χ2n) is 6.43. The summed E-state index contributed by atoms with van der Waals surface area (Å²) in [5.41, 5.74) is 11.6. The Morgan fingerprint density at radius 1 is 0.967 bits per heavy atom. The predicted octanol–water partition coefficient (Wildman–Crippen LogP) is -2.67. The van der Waals surface area contributed by atoms with E-state index in [1.54, 1.807) is 12.1 Å². The number of aromatic hydroxyl groups is 1. The first-order valence-corrected chi connectivity index (χ1v) is 8.97. The Morgan fingerprint density at radius 3 is 2.17 bits per heavy atom. The molecule has 0 radical (unpaired) electrons. The Bertz CT molecular complexity index is 782. The molecule has 0 saturated carbocycles. The van der Waals surface area contributed by atoms with Crippen molar-refractivity contribution in [3.8, 4) is 5.75 Å². The molecule has 164 valence electrons. The van der Waals surface area contributed by atoms with Crippen LogP contribution in [0.1, 0.15) is 18.4 Å². The van der Waals surface area contributed by atoms with Crippen molar-refractivity contribution in [1.29, 1.82) is 0 Å². The Balaban J connectivity index is 2.66. The largest absolute Gasteiger partial charge is 0.508 e. The Morgan fingerprint density at radius 2 is 1.60 bits per heavy atom. The van der Waals surface area contributed by atoms with Crippen molar-refractivity contribution in [3.05, 3.63) is 29.8 Å². The molecule has 2 atom stereocenters. The average Bonchev–Trinajstić information content (AvgIpc) is 2.68. The topological polar surface area (TPSA) is 214 Å². The normalized spacial score (nSPS) is 12.3. The highest BCUT2D eigenvalue weighted by atomic mass is 16.4.